The molecule has 0 radical (unpaired) electrons. The van der Waals surface area contributed by atoms with Crippen LogP contribution in [0.25, 0.3) is 0 Å². The molecule has 0 spiro atoms. The van der Waals surface area contributed by atoms with Crippen LogP contribution in [0.1, 0.15) is 0 Å². The minimum Gasteiger partial charge on any atom is -0.340 e. The van der Waals surface area contributed by atoms with Crippen molar-refractivity contribution in [1.82, 2.24) is 9.97 Å². The zero-order chi connectivity index (χ0) is 17.1. The Morgan fingerprint density at radius 3 is 2.21 bits per heavy atom. The first-order chi connectivity index (χ1) is 11.5. The second kappa shape index (κ2) is 6.98. The topological polar surface area (TPSA) is 49.8 Å². The number of aromatic nitrogens is 2. The minimum atomic E-state index is -0.737. The van der Waals surface area contributed by atoms with Crippen LogP contribution in [0.2, 0.25) is 10.0 Å². The van der Waals surface area contributed by atoms with Crippen LogP contribution in [0.4, 0.5) is 31.9 Å². The van der Waals surface area contributed by atoms with E-state index in [1.165, 1.54) is 12.3 Å². The lowest BCUT2D eigenvalue weighted by molar-refractivity contribution is 0.590. The second-order valence-electron chi connectivity index (χ2n) is 4.77. The van der Waals surface area contributed by atoms with Crippen LogP contribution >= 0.6 is 23.2 Å². The van der Waals surface area contributed by atoms with E-state index in [1.807, 2.05) is 0 Å². The van der Waals surface area contributed by atoms with E-state index in [9.17, 15) is 8.78 Å². The van der Waals surface area contributed by atoms with E-state index in [-0.39, 0.29) is 11.6 Å². The predicted molar refractivity (Wildman–Crippen MR) is 91.4 cm³/mol. The van der Waals surface area contributed by atoms with Crippen molar-refractivity contribution in [2.24, 2.45) is 0 Å². The van der Waals surface area contributed by atoms with Gasteiger partial charge in [0, 0.05) is 21.9 Å². The summed E-state index contributed by atoms with van der Waals surface area (Å²) in [6.07, 6.45) is 1.45. The molecule has 24 heavy (non-hydrogen) atoms. The van der Waals surface area contributed by atoms with Crippen molar-refractivity contribution in [2.45, 2.75) is 0 Å². The lowest BCUT2D eigenvalue weighted by Crippen LogP contribution is -2.03. The highest BCUT2D eigenvalue weighted by atomic mass is 35.5. The van der Waals surface area contributed by atoms with E-state index >= 15 is 0 Å². The molecular weight excluding hydrogens is 357 g/mol. The molecule has 0 aliphatic carbocycles. The summed E-state index contributed by atoms with van der Waals surface area (Å²) in [6, 6.07) is 10.1. The van der Waals surface area contributed by atoms with Gasteiger partial charge in [-0.25, -0.2) is 13.8 Å². The summed E-state index contributed by atoms with van der Waals surface area (Å²) in [6.45, 7) is 0. The number of anilines is 4. The summed E-state index contributed by atoms with van der Waals surface area (Å²) in [7, 11) is 0. The lowest BCUT2D eigenvalue weighted by Gasteiger charge is -2.10. The summed E-state index contributed by atoms with van der Waals surface area (Å²) in [5, 5.41) is 6.45. The van der Waals surface area contributed by atoms with Crippen molar-refractivity contribution < 1.29 is 8.78 Å². The number of rotatable bonds is 4. The largest absolute Gasteiger partial charge is 0.340 e. The Morgan fingerprint density at radius 1 is 0.875 bits per heavy atom. The molecule has 1 heterocycles. The number of halogens is 4. The third-order valence-electron chi connectivity index (χ3n) is 2.99. The van der Waals surface area contributed by atoms with Crippen LogP contribution in [0, 0.1) is 11.6 Å². The summed E-state index contributed by atoms with van der Waals surface area (Å²) in [5.41, 5.74) is 0.301. The molecule has 0 saturated heterocycles. The van der Waals surface area contributed by atoms with Gasteiger partial charge in [-0.2, -0.15) is 4.98 Å². The second-order valence-corrected chi connectivity index (χ2v) is 5.64. The molecule has 0 saturated carbocycles. The Balaban J connectivity index is 1.84. The van der Waals surface area contributed by atoms with Crippen molar-refractivity contribution in [3.05, 3.63) is 70.3 Å². The molecule has 3 rings (SSSR count). The van der Waals surface area contributed by atoms with E-state index in [0.29, 0.717) is 21.6 Å². The number of nitrogens with one attached hydrogen (secondary N) is 2. The third-order valence-corrected chi connectivity index (χ3v) is 3.43. The van der Waals surface area contributed by atoms with Gasteiger partial charge in [-0.05, 0) is 36.4 Å². The Kier molecular flexibility index (Phi) is 4.78. The fourth-order valence-corrected chi connectivity index (χ4v) is 2.52. The van der Waals surface area contributed by atoms with E-state index in [0.717, 1.165) is 12.1 Å². The summed E-state index contributed by atoms with van der Waals surface area (Å²) < 4.78 is 27.3. The van der Waals surface area contributed by atoms with Gasteiger partial charge in [0.25, 0.3) is 0 Å². The first kappa shape index (κ1) is 16.4. The predicted octanol–water partition coefficient (Wildman–Crippen LogP) is 5.55. The number of benzene rings is 2. The molecule has 0 bridgehead atoms. The number of para-hydroxylation sites is 1. The summed E-state index contributed by atoms with van der Waals surface area (Å²) in [4.78, 5) is 8.10. The zero-order valence-corrected chi connectivity index (χ0v) is 13.5. The fraction of sp³-hybridized carbons (Fsp3) is 0. The standard InChI is InChI=1S/C16H10Cl2F2N4/c17-9-6-10(18)8-11(7-9)22-14-4-5-21-16(23-14)24-15-12(19)2-1-3-13(15)20/h1-8H,(H2,21,22,23,24). The maximum Gasteiger partial charge on any atom is 0.229 e. The van der Waals surface area contributed by atoms with Crippen molar-refractivity contribution in [2.75, 3.05) is 10.6 Å². The average molecular weight is 367 g/mol. The lowest BCUT2D eigenvalue weighted by atomic mass is 10.3. The van der Waals surface area contributed by atoms with E-state index in [1.54, 1.807) is 24.3 Å². The van der Waals surface area contributed by atoms with Crippen LogP contribution in [-0.4, -0.2) is 9.97 Å². The molecule has 1 aromatic heterocycles. The molecule has 0 aliphatic rings. The summed E-state index contributed by atoms with van der Waals surface area (Å²) >= 11 is 11.9. The molecule has 2 N–H and O–H groups in total. The van der Waals surface area contributed by atoms with Gasteiger partial charge < -0.3 is 10.6 Å². The van der Waals surface area contributed by atoms with Crippen molar-refractivity contribution in [3.63, 3.8) is 0 Å². The van der Waals surface area contributed by atoms with Crippen molar-refractivity contribution >= 4 is 46.3 Å². The van der Waals surface area contributed by atoms with Gasteiger partial charge in [0.05, 0.1) is 0 Å². The molecule has 0 amide bonds. The van der Waals surface area contributed by atoms with Crippen molar-refractivity contribution in [1.29, 1.82) is 0 Å². The van der Waals surface area contributed by atoms with Gasteiger partial charge >= 0.3 is 0 Å². The normalized spacial score (nSPS) is 10.5. The third kappa shape index (κ3) is 3.90. The van der Waals surface area contributed by atoms with Gasteiger partial charge in [-0.15, -0.1) is 0 Å². The molecule has 4 nitrogen and oxygen atoms in total. The van der Waals surface area contributed by atoms with Gasteiger partial charge in [0.1, 0.15) is 23.1 Å². The Labute approximate surface area is 146 Å². The van der Waals surface area contributed by atoms with Crippen LogP contribution in [0.3, 0.4) is 0 Å². The number of hydrogen-bond donors (Lipinski definition) is 2. The monoisotopic (exact) mass is 366 g/mol. The Morgan fingerprint density at radius 2 is 1.54 bits per heavy atom. The first-order valence-corrected chi connectivity index (χ1v) is 7.54. The Bertz CT molecular complexity index is 849. The average Bonchev–Trinajstić information content (AvgIpc) is 2.50. The number of nitrogens with zero attached hydrogens (tertiary/aromatic N) is 2. The van der Waals surface area contributed by atoms with E-state index < -0.39 is 11.6 Å². The van der Waals surface area contributed by atoms with Crippen LogP contribution in [0.5, 0.6) is 0 Å². The molecule has 0 fully saturated rings. The van der Waals surface area contributed by atoms with Crippen LogP contribution in [0.15, 0.2) is 48.7 Å². The quantitative estimate of drug-likeness (QED) is 0.635. The maximum atomic E-state index is 13.7. The van der Waals surface area contributed by atoms with Gasteiger partial charge in [-0.3, -0.25) is 0 Å². The molecule has 0 atom stereocenters. The van der Waals surface area contributed by atoms with Crippen LogP contribution < -0.4 is 10.6 Å². The van der Waals surface area contributed by atoms with Crippen LogP contribution in [-0.2, 0) is 0 Å². The van der Waals surface area contributed by atoms with Gasteiger partial charge in [0.15, 0.2) is 0 Å². The summed E-state index contributed by atoms with van der Waals surface area (Å²) in [5.74, 6) is -1.03. The highest BCUT2D eigenvalue weighted by Gasteiger charge is 2.10. The smallest absolute Gasteiger partial charge is 0.229 e. The maximum absolute atomic E-state index is 13.7. The molecular formula is C16H10Cl2F2N4. The molecule has 0 aliphatic heterocycles. The Hall–Kier alpha value is -2.44. The highest BCUT2D eigenvalue weighted by molar-refractivity contribution is 6.35. The molecule has 2 aromatic carbocycles. The van der Waals surface area contributed by atoms with E-state index in [4.69, 9.17) is 23.2 Å². The molecule has 122 valence electrons. The van der Waals surface area contributed by atoms with Gasteiger partial charge in [0.2, 0.25) is 5.95 Å². The zero-order valence-electron chi connectivity index (χ0n) is 12.0. The van der Waals surface area contributed by atoms with E-state index in [2.05, 4.69) is 20.6 Å². The first-order valence-electron chi connectivity index (χ1n) is 6.78. The van der Waals surface area contributed by atoms with Crippen molar-refractivity contribution in [3.8, 4) is 0 Å². The molecule has 8 heteroatoms. The highest BCUT2D eigenvalue weighted by Crippen LogP contribution is 2.26. The minimum absolute atomic E-state index is 0.0390. The fourth-order valence-electron chi connectivity index (χ4n) is 1.99. The molecule has 0 unspecified atom stereocenters. The SMILES string of the molecule is Fc1cccc(F)c1Nc1nccc(Nc2cc(Cl)cc(Cl)c2)n1. The van der Waals surface area contributed by atoms with Gasteiger partial charge in [-0.1, -0.05) is 29.3 Å². The molecule has 3 aromatic rings. The number of hydrogen-bond acceptors (Lipinski definition) is 4.